The molecule has 0 saturated carbocycles. The van der Waals surface area contributed by atoms with Gasteiger partial charge in [-0.3, -0.25) is 4.79 Å². The first-order valence-corrected chi connectivity index (χ1v) is 10.6. The lowest BCUT2D eigenvalue weighted by Gasteiger charge is -2.20. The zero-order valence-corrected chi connectivity index (χ0v) is 18.9. The maximum Gasteiger partial charge on any atom is 0.416 e. The van der Waals surface area contributed by atoms with Crippen molar-refractivity contribution in [3.8, 4) is 11.4 Å². The smallest absolute Gasteiger partial charge is 0.416 e. The fourth-order valence-corrected chi connectivity index (χ4v) is 3.64. The molecule has 176 valence electrons. The molecule has 0 N–H and O–H groups in total. The maximum absolute atomic E-state index is 12.8. The highest BCUT2D eigenvalue weighted by molar-refractivity contribution is 5.84. The summed E-state index contributed by atoms with van der Waals surface area (Å²) in [7, 11) is 1.96. The van der Waals surface area contributed by atoms with E-state index in [9.17, 15) is 18.0 Å². The molecule has 2 heterocycles. The Balaban J connectivity index is 1.49. The average molecular weight is 468 g/mol. The third-order valence-corrected chi connectivity index (χ3v) is 5.56. The molecule has 4 aromatic rings. The van der Waals surface area contributed by atoms with Gasteiger partial charge in [0.15, 0.2) is 12.6 Å². The van der Waals surface area contributed by atoms with Gasteiger partial charge in [-0.25, -0.2) is 9.97 Å². The van der Waals surface area contributed by atoms with Crippen LogP contribution in [0.1, 0.15) is 23.7 Å². The van der Waals surface area contributed by atoms with E-state index in [2.05, 4.69) is 14.9 Å². The lowest BCUT2D eigenvalue weighted by atomic mass is 10.1. The molecule has 0 spiro atoms. The summed E-state index contributed by atoms with van der Waals surface area (Å²) in [4.78, 5) is 22.0. The van der Waals surface area contributed by atoms with Gasteiger partial charge in [0, 0.05) is 60.8 Å². The SMILES string of the molecule is CC(=O)OCn1ccc2cc(N(C)Cc3cnc(-c4ccc(C(F)(F)F)cc4)nc3C)ccc21. The minimum absolute atomic E-state index is 0.163. The summed E-state index contributed by atoms with van der Waals surface area (Å²) in [6, 6.07) is 12.8. The van der Waals surface area contributed by atoms with Crippen LogP contribution < -0.4 is 4.90 Å². The van der Waals surface area contributed by atoms with E-state index < -0.39 is 11.7 Å². The molecule has 2 aromatic carbocycles. The van der Waals surface area contributed by atoms with Crippen LogP contribution in [0, 0.1) is 6.92 Å². The highest BCUT2D eigenvalue weighted by atomic mass is 19.4. The molecule has 0 amide bonds. The van der Waals surface area contributed by atoms with Gasteiger partial charge >= 0.3 is 12.1 Å². The molecule has 34 heavy (non-hydrogen) atoms. The summed E-state index contributed by atoms with van der Waals surface area (Å²) >= 11 is 0. The second-order valence-corrected chi connectivity index (χ2v) is 8.03. The van der Waals surface area contributed by atoms with Gasteiger partial charge in [0.2, 0.25) is 0 Å². The van der Waals surface area contributed by atoms with Crippen molar-refractivity contribution in [3.63, 3.8) is 0 Å². The minimum Gasteiger partial charge on any atom is -0.444 e. The lowest BCUT2D eigenvalue weighted by Crippen LogP contribution is -2.17. The molecule has 4 rings (SSSR count). The number of esters is 1. The van der Waals surface area contributed by atoms with Gasteiger partial charge < -0.3 is 14.2 Å². The molecule has 0 atom stereocenters. The Kier molecular flexibility index (Phi) is 6.28. The second-order valence-electron chi connectivity index (χ2n) is 8.03. The van der Waals surface area contributed by atoms with Crippen molar-refractivity contribution in [2.24, 2.45) is 0 Å². The Bertz CT molecular complexity index is 1330. The number of aromatic nitrogens is 3. The van der Waals surface area contributed by atoms with Crippen molar-refractivity contribution in [3.05, 3.63) is 77.7 Å². The monoisotopic (exact) mass is 468 g/mol. The number of halogens is 3. The summed E-state index contributed by atoms with van der Waals surface area (Å²) in [6.07, 6.45) is -0.799. The zero-order valence-electron chi connectivity index (χ0n) is 18.9. The van der Waals surface area contributed by atoms with E-state index in [1.807, 2.05) is 49.0 Å². The minimum atomic E-state index is -4.38. The molecule has 0 saturated heterocycles. The quantitative estimate of drug-likeness (QED) is 0.346. The summed E-state index contributed by atoms with van der Waals surface area (Å²) in [6.45, 7) is 3.95. The molecule has 0 aliphatic heterocycles. The van der Waals surface area contributed by atoms with Crippen LogP contribution >= 0.6 is 0 Å². The van der Waals surface area contributed by atoms with Gasteiger partial charge in [-0.1, -0.05) is 12.1 Å². The molecule has 6 nitrogen and oxygen atoms in total. The lowest BCUT2D eigenvalue weighted by molar-refractivity contribution is -0.144. The van der Waals surface area contributed by atoms with Crippen molar-refractivity contribution in [1.29, 1.82) is 0 Å². The highest BCUT2D eigenvalue weighted by Crippen LogP contribution is 2.30. The number of rotatable bonds is 6. The summed E-state index contributed by atoms with van der Waals surface area (Å²) < 4.78 is 45.3. The van der Waals surface area contributed by atoms with Crippen LogP contribution in [0.15, 0.2) is 60.9 Å². The fourth-order valence-electron chi connectivity index (χ4n) is 3.64. The number of carbonyl (C=O) groups is 1. The number of aryl methyl sites for hydroxylation is 1. The molecule has 0 fully saturated rings. The predicted octanol–water partition coefficient (Wildman–Crippen LogP) is 5.58. The van der Waals surface area contributed by atoms with Crippen LogP contribution in [-0.4, -0.2) is 27.6 Å². The third-order valence-electron chi connectivity index (χ3n) is 5.56. The van der Waals surface area contributed by atoms with Gasteiger partial charge in [0.05, 0.1) is 11.1 Å². The molecule has 0 aliphatic carbocycles. The number of anilines is 1. The highest BCUT2D eigenvalue weighted by Gasteiger charge is 2.30. The number of ether oxygens (including phenoxy) is 1. The topological polar surface area (TPSA) is 60.2 Å². The Hall–Kier alpha value is -3.88. The van der Waals surface area contributed by atoms with E-state index in [1.165, 1.54) is 19.1 Å². The first kappa shape index (κ1) is 23.3. The number of fused-ring (bicyclic) bond motifs is 1. The van der Waals surface area contributed by atoms with Crippen LogP contribution in [0.4, 0.5) is 18.9 Å². The zero-order chi connectivity index (χ0) is 24.5. The normalized spacial score (nSPS) is 11.6. The van der Waals surface area contributed by atoms with Crippen molar-refractivity contribution in [2.45, 2.75) is 33.3 Å². The van der Waals surface area contributed by atoms with Crippen LogP contribution in [0.5, 0.6) is 0 Å². The predicted molar refractivity (Wildman–Crippen MR) is 123 cm³/mol. The van der Waals surface area contributed by atoms with Crippen molar-refractivity contribution < 1.29 is 22.7 Å². The van der Waals surface area contributed by atoms with Gasteiger partial charge in [0.1, 0.15) is 0 Å². The van der Waals surface area contributed by atoms with Gasteiger partial charge in [0.25, 0.3) is 0 Å². The number of hydrogen-bond donors (Lipinski definition) is 0. The molecule has 0 unspecified atom stereocenters. The van der Waals surface area contributed by atoms with Crippen molar-refractivity contribution in [1.82, 2.24) is 14.5 Å². The number of nitrogens with zero attached hydrogens (tertiary/aromatic N) is 4. The molecule has 0 aliphatic rings. The summed E-state index contributed by atoms with van der Waals surface area (Å²) in [5.41, 5.74) is 3.43. The van der Waals surface area contributed by atoms with Gasteiger partial charge in [-0.15, -0.1) is 0 Å². The van der Waals surface area contributed by atoms with E-state index in [4.69, 9.17) is 4.74 Å². The first-order chi connectivity index (χ1) is 16.1. The molecule has 0 radical (unpaired) electrons. The van der Waals surface area contributed by atoms with Crippen molar-refractivity contribution >= 4 is 22.6 Å². The standard InChI is InChI=1S/C25H23F3N4O2/c1-16-20(13-29-24(30-16)18-4-6-21(7-5-18)25(26,27)28)14-31(3)22-8-9-23-19(12-22)10-11-32(23)15-34-17(2)33/h4-13H,14-15H2,1-3H3. The largest absolute Gasteiger partial charge is 0.444 e. The molecular weight excluding hydrogens is 445 g/mol. The Morgan fingerprint density at radius 1 is 1.12 bits per heavy atom. The molecule has 0 bridgehead atoms. The number of alkyl halides is 3. The maximum atomic E-state index is 12.8. The number of benzene rings is 2. The van der Waals surface area contributed by atoms with E-state index in [-0.39, 0.29) is 12.7 Å². The number of carbonyl (C=O) groups excluding carboxylic acids is 1. The third kappa shape index (κ3) is 5.03. The van der Waals surface area contributed by atoms with Crippen LogP contribution in [0.3, 0.4) is 0 Å². The molecule has 2 aromatic heterocycles. The fraction of sp³-hybridized carbons (Fsp3) is 0.240. The summed E-state index contributed by atoms with van der Waals surface area (Å²) in [5, 5.41) is 1.02. The van der Waals surface area contributed by atoms with Gasteiger partial charge in [-0.2, -0.15) is 13.2 Å². The van der Waals surface area contributed by atoms with E-state index in [0.717, 1.165) is 40.0 Å². The number of hydrogen-bond acceptors (Lipinski definition) is 5. The molecule has 9 heteroatoms. The molecular formula is C25H23F3N4O2. The summed E-state index contributed by atoms with van der Waals surface area (Å²) in [5.74, 6) is 0.0494. The van der Waals surface area contributed by atoms with Gasteiger partial charge in [-0.05, 0) is 43.3 Å². The Labute approximate surface area is 194 Å². The second kappa shape index (κ2) is 9.17. The first-order valence-electron chi connectivity index (χ1n) is 10.6. The van der Waals surface area contributed by atoms with E-state index in [1.54, 1.807) is 6.20 Å². The van der Waals surface area contributed by atoms with Crippen LogP contribution in [0.2, 0.25) is 0 Å². The Morgan fingerprint density at radius 3 is 2.50 bits per heavy atom. The van der Waals surface area contributed by atoms with Crippen LogP contribution in [-0.2, 0) is 29.0 Å². The van der Waals surface area contributed by atoms with E-state index in [0.29, 0.717) is 17.9 Å². The Morgan fingerprint density at radius 2 is 1.85 bits per heavy atom. The van der Waals surface area contributed by atoms with Crippen molar-refractivity contribution in [2.75, 3.05) is 11.9 Å². The van der Waals surface area contributed by atoms with E-state index >= 15 is 0 Å². The van der Waals surface area contributed by atoms with Crippen LogP contribution in [0.25, 0.3) is 22.3 Å². The average Bonchev–Trinajstić information content (AvgIpc) is 3.20.